The first-order valence-corrected chi connectivity index (χ1v) is 7.42. The monoisotopic (exact) mass is 310 g/mol. The molecule has 1 aromatic carbocycles. The van der Waals surface area contributed by atoms with E-state index in [1.54, 1.807) is 0 Å². The van der Waals surface area contributed by atoms with Gasteiger partial charge in [-0.25, -0.2) is 4.39 Å². The number of hydrogen-bond donors (Lipinski definition) is 1. The second-order valence-corrected chi connectivity index (χ2v) is 5.42. The van der Waals surface area contributed by atoms with E-state index in [-0.39, 0.29) is 30.0 Å². The fraction of sp³-hybridized carbons (Fsp3) is 0.533. The molecule has 0 heterocycles. The molecule has 0 aliphatic heterocycles. The summed E-state index contributed by atoms with van der Waals surface area (Å²) in [5.41, 5.74) is -0.354. The lowest BCUT2D eigenvalue weighted by Gasteiger charge is -2.16. The minimum Gasteiger partial charge on any atom is -0.481 e. The van der Waals surface area contributed by atoms with Gasteiger partial charge in [0.15, 0.2) is 18.2 Å². The van der Waals surface area contributed by atoms with Gasteiger partial charge in [0.05, 0.1) is 11.0 Å². The molecule has 22 heavy (non-hydrogen) atoms. The van der Waals surface area contributed by atoms with Crippen LogP contribution in [0.5, 0.6) is 5.75 Å². The van der Waals surface area contributed by atoms with E-state index in [0.29, 0.717) is 0 Å². The molecule has 6 nitrogen and oxygen atoms in total. The normalized spacial score (nSPS) is 15.9. The van der Waals surface area contributed by atoms with Crippen LogP contribution in [0.2, 0.25) is 0 Å². The number of benzene rings is 1. The molecule has 1 aliphatic rings. The molecule has 0 saturated heterocycles. The zero-order valence-electron chi connectivity index (χ0n) is 12.2. The van der Waals surface area contributed by atoms with Gasteiger partial charge in [0.25, 0.3) is 11.6 Å². The first-order valence-electron chi connectivity index (χ1n) is 7.42. The quantitative estimate of drug-likeness (QED) is 0.515. The molecule has 0 atom stereocenters. The van der Waals surface area contributed by atoms with Crippen LogP contribution in [0.25, 0.3) is 0 Å². The van der Waals surface area contributed by atoms with Gasteiger partial charge in [0.1, 0.15) is 0 Å². The van der Waals surface area contributed by atoms with Crippen LogP contribution in [-0.4, -0.2) is 23.5 Å². The Kier molecular flexibility index (Phi) is 5.68. The van der Waals surface area contributed by atoms with E-state index in [2.05, 4.69) is 5.32 Å². The summed E-state index contributed by atoms with van der Waals surface area (Å²) in [4.78, 5) is 21.6. The summed E-state index contributed by atoms with van der Waals surface area (Å²) < 4.78 is 18.7. The summed E-state index contributed by atoms with van der Waals surface area (Å²) in [7, 11) is 0. The van der Waals surface area contributed by atoms with E-state index >= 15 is 0 Å². The largest absolute Gasteiger partial charge is 0.481 e. The Morgan fingerprint density at radius 1 is 1.32 bits per heavy atom. The number of non-ortho nitro benzene ring substituents is 1. The first-order chi connectivity index (χ1) is 10.6. The third-order valence-corrected chi connectivity index (χ3v) is 3.71. The zero-order valence-corrected chi connectivity index (χ0v) is 12.2. The summed E-state index contributed by atoms with van der Waals surface area (Å²) in [6.07, 6.45) is 6.49. The molecule has 1 aliphatic carbocycles. The third kappa shape index (κ3) is 4.68. The summed E-state index contributed by atoms with van der Waals surface area (Å²) >= 11 is 0. The molecule has 120 valence electrons. The van der Waals surface area contributed by atoms with Crippen molar-refractivity contribution in [3.8, 4) is 5.75 Å². The van der Waals surface area contributed by atoms with Crippen molar-refractivity contribution in [1.29, 1.82) is 0 Å². The maximum Gasteiger partial charge on any atom is 0.272 e. The predicted octanol–water partition coefficient (Wildman–Crippen LogP) is 2.95. The Morgan fingerprint density at radius 2 is 2.00 bits per heavy atom. The Morgan fingerprint density at radius 3 is 2.59 bits per heavy atom. The number of nitrogens with one attached hydrogen (secondary N) is 1. The summed E-state index contributed by atoms with van der Waals surface area (Å²) in [5, 5.41) is 13.4. The summed E-state index contributed by atoms with van der Waals surface area (Å²) in [6.45, 7) is -0.300. The van der Waals surface area contributed by atoms with E-state index < -0.39 is 10.7 Å². The molecule has 1 N–H and O–H groups in total. The van der Waals surface area contributed by atoms with Gasteiger partial charge in [-0.05, 0) is 18.9 Å². The number of nitro benzene ring substituents is 1. The number of amides is 1. The predicted molar refractivity (Wildman–Crippen MR) is 78.2 cm³/mol. The Bertz CT molecular complexity index is 542. The van der Waals surface area contributed by atoms with Crippen LogP contribution in [0.15, 0.2) is 18.2 Å². The number of nitrogens with zero attached hydrogens (tertiary/aromatic N) is 1. The fourth-order valence-corrected chi connectivity index (χ4v) is 2.56. The topological polar surface area (TPSA) is 81.5 Å². The van der Waals surface area contributed by atoms with Crippen molar-refractivity contribution in [2.45, 2.75) is 44.6 Å². The zero-order chi connectivity index (χ0) is 15.9. The van der Waals surface area contributed by atoms with Crippen molar-refractivity contribution in [1.82, 2.24) is 5.32 Å². The van der Waals surface area contributed by atoms with Crippen molar-refractivity contribution < 1.29 is 18.8 Å². The molecule has 0 radical (unpaired) electrons. The molecule has 1 fully saturated rings. The molecule has 1 aromatic rings. The summed E-state index contributed by atoms with van der Waals surface area (Å²) in [5.74, 6) is -1.32. The molecule has 1 saturated carbocycles. The number of hydrogen-bond acceptors (Lipinski definition) is 4. The molecule has 2 rings (SSSR count). The molecule has 0 spiro atoms. The van der Waals surface area contributed by atoms with Crippen molar-refractivity contribution in [2.24, 2.45) is 0 Å². The van der Waals surface area contributed by atoms with Crippen LogP contribution in [0.4, 0.5) is 10.1 Å². The minimum atomic E-state index is -0.850. The molecular formula is C15H19FN2O4. The number of rotatable bonds is 5. The smallest absolute Gasteiger partial charge is 0.272 e. The van der Waals surface area contributed by atoms with Crippen LogP contribution < -0.4 is 10.1 Å². The van der Waals surface area contributed by atoms with Crippen LogP contribution in [-0.2, 0) is 4.79 Å². The van der Waals surface area contributed by atoms with Gasteiger partial charge in [-0.3, -0.25) is 14.9 Å². The number of carbonyl (C=O) groups is 1. The highest BCUT2D eigenvalue weighted by Crippen LogP contribution is 2.22. The number of carbonyl (C=O) groups excluding carboxylic acids is 1. The van der Waals surface area contributed by atoms with Gasteiger partial charge in [-0.2, -0.15) is 0 Å². The Labute approximate surface area is 127 Å². The standard InChI is InChI=1S/C15H19FN2O4/c16-13-9-12(18(20)21)7-8-14(13)22-10-15(19)17-11-5-3-1-2-4-6-11/h7-9,11H,1-6,10H2,(H,17,19). The fourth-order valence-electron chi connectivity index (χ4n) is 2.56. The highest BCUT2D eigenvalue weighted by Gasteiger charge is 2.16. The van der Waals surface area contributed by atoms with Crippen LogP contribution >= 0.6 is 0 Å². The van der Waals surface area contributed by atoms with E-state index in [4.69, 9.17) is 4.74 Å². The molecule has 7 heteroatoms. The first kappa shape index (κ1) is 16.2. The molecule has 0 unspecified atom stereocenters. The molecule has 0 bridgehead atoms. The van der Waals surface area contributed by atoms with Crippen LogP contribution in [0.1, 0.15) is 38.5 Å². The van der Waals surface area contributed by atoms with Gasteiger partial charge < -0.3 is 10.1 Å². The SMILES string of the molecule is O=C(COc1ccc([N+](=O)[O-])cc1F)NC1CCCCCC1. The number of nitro groups is 1. The van der Waals surface area contributed by atoms with Crippen molar-refractivity contribution in [3.63, 3.8) is 0 Å². The lowest BCUT2D eigenvalue weighted by molar-refractivity contribution is -0.385. The van der Waals surface area contributed by atoms with Crippen molar-refractivity contribution in [3.05, 3.63) is 34.1 Å². The summed E-state index contributed by atoms with van der Waals surface area (Å²) in [6, 6.07) is 3.23. The highest BCUT2D eigenvalue weighted by atomic mass is 19.1. The second-order valence-electron chi connectivity index (χ2n) is 5.42. The average Bonchev–Trinajstić information content (AvgIpc) is 2.74. The molecule has 0 aromatic heterocycles. The van der Waals surface area contributed by atoms with E-state index in [9.17, 15) is 19.3 Å². The van der Waals surface area contributed by atoms with Gasteiger partial charge in [-0.1, -0.05) is 25.7 Å². The Hall–Kier alpha value is -2.18. The molecule has 1 amide bonds. The lowest BCUT2D eigenvalue weighted by atomic mass is 10.1. The van der Waals surface area contributed by atoms with E-state index in [1.165, 1.54) is 12.8 Å². The average molecular weight is 310 g/mol. The van der Waals surface area contributed by atoms with Crippen LogP contribution in [0.3, 0.4) is 0 Å². The Balaban J connectivity index is 1.84. The highest BCUT2D eigenvalue weighted by molar-refractivity contribution is 5.77. The second kappa shape index (κ2) is 7.72. The van der Waals surface area contributed by atoms with Gasteiger partial charge in [0, 0.05) is 12.1 Å². The van der Waals surface area contributed by atoms with E-state index in [1.807, 2.05) is 0 Å². The minimum absolute atomic E-state index is 0.153. The van der Waals surface area contributed by atoms with Gasteiger partial charge in [0.2, 0.25) is 0 Å². The van der Waals surface area contributed by atoms with Gasteiger partial charge >= 0.3 is 0 Å². The van der Waals surface area contributed by atoms with E-state index in [0.717, 1.165) is 43.9 Å². The number of ether oxygens (including phenoxy) is 1. The van der Waals surface area contributed by atoms with Crippen LogP contribution in [0, 0.1) is 15.9 Å². The van der Waals surface area contributed by atoms with Gasteiger partial charge in [-0.15, -0.1) is 0 Å². The third-order valence-electron chi connectivity index (χ3n) is 3.71. The van der Waals surface area contributed by atoms with Crippen molar-refractivity contribution >= 4 is 11.6 Å². The maximum absolute atomic E-state index is 13.6. The maximum atomic E-state index is 13.6. The van der Waals surface area contributed by atoms with Crippen molar-refractivity contribution in [2.75, 3.05) is 6.61 Å². The molecular weight excluding hydrogens is 291 g/mol. The number of halogens is 1. The lowest BCUT2D eigenvalue weighted by Crippen LogP contribution is -2.37.